The van der Waals surface area contributed by atoms with E-state index >= 15 is 0 Å². The van der Waals surface area contributed by atoms with E-state index in [2.05, 4.69) is 5.32 Å². The Morgan fingerprint density at radius 3 is 2.24 bits per heavy atom. The van der Waals surface area contributed by atoms with Gasteiger partial charge in [-0.05, 0) is 61.9 Å². The molecule has 0 bridgehead atoms. The third-order valence-electron chi connectivity index (χ3n) is 5.12. The number of benzene rings is 3. The maximum atomic E-state index is 13.4. The maximum absolute atomic E-state index is 13.4. The molecule has 7 heteroatoms. The summed E-state index contributed by atoms with van der Waals surface area (Å²) in [5.41, 5.74) is 2.76. The van der Waals surface area contributed by atoms with Crippen LogP contribution in [0, 0.1) is 6.92 Å². The minimum Gasteiger partial charge on any atom is -0.462 e. The molecule has 172 valence electrons. The molecule has 1 aliphatic heterocycles. The van der Waals surface area contributed by atoms with Gasteiger partial charge in [-0.2, -0.15) is 0 Å². The lowest BCUT2D eigenvalue weighted by atomic mass is 10.2. The van der Waals surface area contributed by atoms with Crippen LogP contribution in [-0.2, 0) is 14.3 Å². The largest absolute Gasteiger partial charge is 0.462 e. The van der Waals surface area contributed by atoms with Crippen LogP contribution in [0.25, 0.3) is 0 Å². The Hall–Kier alpha value is -3.84. The molecule has 0 atom stereocenters. The van der Waals surface area contributed by atoms with E-state index in [0.29, 0.717) is 28.5 Å². The maximum Gasteiger partial charge on any atom is 0.338 e. The van der Waals surface area contributed by atoms with E-state index in [9.17, 15) is 14.4 Å². The van der Waals surface area contributed by atoms with Crippen LogP contribution in [-0.4, -0.2) is 24.4 Å². The molecule has 4 rings (SSSR count). The zero-order chi connectivity index (χ0) is 24.1. The van der Waals surface area contributed by atoms with Crippen LogP contribution in [0.4, 0.5) is 11.4 Å². The second kappa shape index (κ2) is 10.4. The number of esters is 1. The first kappa shape index (κ1) is 23.3. The summed E-state index contributed by atoms with van der Waals surface area (Å²) < 4.78 is 5.15. The van der Waals surface area contributed by atoms with Crippen LogP contribution in [0.3, 0.4) is 0 Å². The Bertz CT molecular complexity index is 1240. The molecule has 0 fully saturated rings. The van der Waals surface area contributed by atoms with E-state index in [1.54, 1.807) is 24.3 Å². The van der Waals surface area contributed by atoms with E-state index < -0.39 is 17.8 Å². The predicted molar refractivity (Wildman–Crippen MR) is 134 cm³/mol. The van der Waals surface area contributed by atoms with Gasteiger partial charge < -0.3 is 10.1 Å². The average Bonchev–Trinajstić information content (AvgIpc) is 3.08. The van der Waals surface area contributed by atoms with Crippen molar-refractivity contribution in [1.29, 1.82) is 0 Å². The van der Waals surface area contributed by atoms with Crippen molar-refractivity contribution in [1.82, 2.24) is 0 Å². The van der Waals surface area contributed by atoms with E-state index in [4.69, 9.17) is 4.74 Å². The first-order valence-electron chi connectivity index (χ1n) is 10.9. The number of carbonyl (C=O) groups excluding carboxylic acids is 3. The van der Waals surface area contributed by atoms with Gasteiger partial charge in [0.1, 0.15) is 10.6 Å². The van der Waals surface area contributed by atoms with Gasteiger partial charge in [0.25, 0.3) is 11.8 Å². The molecule has 0 radical (unpaired) electrons. The molecule has 1 N–H and O–H groups in total. The molecule has 1 heterocycles. The molecule has 0 unspecified atom stereocenters. The number of nitrogens with one attached hydrogen (secondary N) is 1. The van der Waals surface area contributed by atoms with Gasteiger partial charge >= 0.3 is 5.97 Å². The molecular formula is C27H24N2O4S. The van der Waals surface area contributed by atoms with Crippen molar-refractivity contribution in [3.8, 4) is 0 Å². The number of amides is 2. The fourth-order valence-corrected chi connectivity index (χ4v) is 4.31. The van der Waals surface area contributed by atoms with Crippen molar-refractivity contribution in [3.63, 3.8) is 0 Å². The number of thioether (sulfide) groups is 1. The molecule has 3 aromatic rings. The van der Waals surface area contributed by atoms with Crippen LogP contribution in [0.1, 0.15) is 29.3 Å². The lowest BCUT2D eigenvalue weighted by molar-refractivity contribution is -0.120. The van der Waals surface area contributed by atoms with Crippen molar-refractivity contribution in [2.24, 2.45) is 0 Å². The van der Waals surface area contributed by atoms with Crippen LogP contribution < -0.4 is 10.2 Å². The van der Waals surface area contributed by atoms with Gasteiger partial charge in [0.15, 0.2) is 0 Å². The summed E-state index contributed by atoms with van der Waals surface area (Å²) in [5.74, 6) is -1.31. The first-order valence-corrected chi connectivity index (χ1v) is 11.8. The normalized spacial score (nSPS) is 13.4. The number of nitrogens with zero attached hydrogens (tertiary/aromatic N) is 1. The highest BCUT2D eigenvalue weighted by Gasteiger charge is 2.40. The summed E-state index contributed by atoms with van der Waals surface area (Å²) in [6, 6.07) is 23.3. The van der Waals surface area contributed by atoms with Gasteiger partial charge in [0.05, 0.1) is 17.9 Å². The van der Waals surface area contributed by atoms with Crippen LogP contribution in [0.15, 0.2) is 94.4 Å². The molecule has 0 aliphatic carbocycles. The number of imide groups is 1. The Balaban J connectivity index is 1.64. The molecule has 2 amide bonds. The number of anilines is 2. The topological polar surface area (TPSA) is 75.7 Å². The lowest BCUT2D eigenvalue weighted by Crippen LogP contribution is -2.32. The van der Waals surface area contributed by atoms with Crippen molar-refractivity contribution >= 4 is 40.9 Å². The zero-order valence-corrected chi connectivity index (χ0v) is 19.7. The average molecular weight is 473 g/mol. The second-order valence-corrected chi connectivity index (χ2v) is 8.82. The van der Waals surface area contributed by atoms with Crippen molar-refractivity contribution in [3.05, 3.63) is 101 Å². The molecule has 0 saturated heterocycles. The molecule has 34 heavy (non-hydrogen) atoms. The number of hydrogen-bond acceptors (Lipinski definition) is 6. The van der Waals surface area contributed by atoms with E-state index in [-0.39, 0.29) is 5.70 Å². The van der Waals surface area contributed by atoms with E-state index in [1.807, 2.05) is 68.4 Å². The Labute approximate surface area is 202 Å². The number of aryl methyl sites for hydroxylation is 1. The highest BCUT2D eigenvalue weighted by molar-refractivity contribution is 8.04. The zero-order valence-electron chi connectivity index (χ0n) is 18.9. The number of ether oxygens (including phenoxy) is 1. The Morgan fingerprint density at radius 1 is 0.912 bits per heavy atom. The second-order valence-electron chi connectivity index (χ2n) is 7.74. The third-order valence-corrected chi connectivity index (χ3v) is 6.21. The summed E-state index contributed by atoms with van der Waals surface area (Å²) in [6.45, 7) is 4.23. The molecular weight excluding hydrogens is 448 g/mol. The van der Waals surface area contributed by atoms with E-state index in [0.717, 1.165) is 21.8 Å². The van der Waals surface area contributed by atoms with Crippen LogP contribution in [0.5, 0.6) is 0 Å². The summed E-state index contributed by atoms with van der Waals surface area (Å²) in [4.78, 5) is 41.2. The lowest BCUT2D eigenvalue weighted by Gasteiger charge is -2.16. The van der Waals surface area contributed by atoms with Crippen molar-refractivity contribution in [2.75, 3.05) is 16.8 Å². The van der Waals surface area contributed by atoms with Gasteiger partial charge in [-0.3, -0.25) is 9.59 Å². The first-order chi connectivity index (χ1) is 16.5. The number of rotatable bonds is 8. The minimum absolute atomic E-state index is 0.217. The molecule has 1 aliphatic rings. The minimum atomic E-state index is -0.453. The monoisotopic (exact) mass is 472 g/mol. The highest BCUT2D eigenvalue weighted by Crippen LogP contribution is 2.37. The smallest absolute Gasteiger partial charge is 0.338 e. The van der Waals surface area contributed by atoms with Crippen LogP contribution in [0.2, 0.25) is 0 Å². The number of hydrogen-bond donors (Lipinski definition) is 1. The van der Waals surface area contributed by atoms with E-state index in [1.165, 1.54) is 11.8 Å². The van der Waals surface area contributed by atoms with Gasteiger partial charge in [-0.15, -0.1) is 0 Å². The summed E-state index contributed by atoms with van der Waals surface area (Å²) >= 11 is 1.24. The van der Waals surface area contributed by atoms with Crippen LogP contribution >= 0.6 is 11.8 Å². The summed E-state index contributed by atoms with van der Waals surface area (Å²) in [7, 11) is 0. The van der Waals surface area contributed by atoms with Gasteiger partial charge in [-0.25, -0.2) is 9.69 Å². The van der Waals surface area contributed by atoms with Crippen molar-refractivity contribution < 1.29 is 19.1 Å². The molecule has 0 saturated carbocycles. The van der Waals surface area contributed by atoms with Gasteiger partial charge in [0, 0.05) is 10.6 Å². The Kier molecular flexibility index (Phi) is 7.13. The summed E-state index contributed by atoms with van der Waals surface area (Å²) in [6.07, 6.45) is 0.727. The molecule has 0 aromatic heterocycles. The molecule has 6 nitrogen and oxygen atoms in total. The fourth-order valence-electron chi connectivity index (χ4n) is 3.36. The standard InChI is InChI=1S/C27H24N2O4S/c1-3-17-33-27(32)19-11-15-21(16-12-19)29-25(30)23(28-20-13-9-18(2)10-14-20)24(26(29)31)34-22-7-5-4-6-8-22/h4-16,28H,3,17H2,1-2H3. The quantitative estimate of drug-likeness (QED) is 0.342. The fraction of sp³-hybridized carbons (Fsp3) is 0.148. The number of carbonyl (C=O) groups is 3. The SMILES string of the molecule is CCCOC(=O)c1ccc(N2C(=O)C(Nc3ccc(C)cc3)=C(Sc3ccccc3)C2=O)cc1. The molecule has 3 aromatic carbocycles. The van der Waals surface area contributed by atoms with Gasteiger partial charge in [-0.1, -0.05) is 54.6 Å². The van der Waals surface area contributed by atoms with Gasteiger partial charge in [0.2, 0.25) is 0 Å². The predicted octanol–water partition coefficient (Wildman–Crippen LogP) is 5.55. The third kappa shape index (κ3) is 5.05. The Morgan fingerprint density at radius 2 is 1.59 bits per heavy atom. The van der Waals surface area contributed by atoms with Crippen molar-refractivity contribution in [2.45, 2.75) is 25.2 Å². The highest BCUT2D eigenvalue weighted by atomic mass is 32.2. The molecule has 0 spiro atoms. The summed E-state index contributed by atoms with van der Waals surface area (Å²) in [5, 5.41) is 3.14.